The zero-order chi connectivity index (χ0) is 61.8. The van der Waals surface area contributed by atoms with Gasteiger partial charge in [0.05, 0.1) is 70.3 Å². The molecule has 3 fully saturated rings. The van der Waals surface area contributed by atoms with E-state index in [0.29, 0.717) is 30.3 Å². The molecule has 0 bridgehead atoms. The number of sulfone groups is 1. The number of hydrogen-bond donors (Lipinski definition) is 6. The summed E-state index contributed by atoms with van der Waals surface area (Å²) in [6.07, 6.45) is -8.54. The van der Waals surface area contributed by atoms with Crippen molar-refractivity contribution in [2.75, 3.05) is 54.0 Å². The summed E-state index contributed by atoms with van der Waals surface area (Å²) in [7, 11) is 2.54. The number of carbonyl (C=O) groups excluding carboxylic acids is 2. The minimum atomic E-state index is -3.98. The number of benzene rings is 1. The first-order valence-electron chi connectivity index (χ1n) is 28.9. The van der Waals surface area contributed by atoms with Crippen LogP contribution < -0.4 is 10.7 Å². The highest BCUT2D eigenvalue weighted by Gasteiger charge is 2.54. The number of hydrogen-bond acceptors (Lipinski definition) is 22. The van der Waals surface area contributed by atoms with Crippen molar-refractivity contribution in [3.63, 3.8) is 0 Å². The lowest BCUT2D eigenvalue weighted by Crippen LogP contribution is -2.61. The van der Waals surface area contributed by atoms with Gasteiger partial charge in [0.2, 0.25) is 12.2 Å². The largest absolute Gasteiger partial charge is 0.477 e. The second-order valence-corrected chi connectivity index (χ2v) is 26.5. The van der Waals surface area contributed by atoms with Crippen molar-refractivity contribution in [1.29, 1.82) is 0 Å². The number of carboxylic acids is 1. The quantitative estimate of drug-likeness (QED) is 0.0505. The molecule has 3 saturated heterocycles. The van der Waals surface area contributed by atoms with E-state index in [9.17, 15) is 53.1 Å². The maximum absolute atomic E-state index is 14.7. The predicted molar refractivity (Wildman–Crippen MR) is 303 cm³/mol. The van der Waals surface area contributed by atoms with Crippen molar-refractivity contribution in [3.05, 3.63) is 39.7 Å². The topological polar surface area (TPSA) is 319 Å². The van der Waals surface area contributed by atoms with Crippen molar-refractivity contribution < 1.29 is 91.1 Å². The Kier molecular flexibility index (Phi) is 22.6. The first kappa shape index (κ1) is 67.9. The normalized spacial score (nSPS) is 37.3. The third-order valence-electron chi connectivity index (χ3n) is 17.5. The fraction of sp³-hybridized carbons (Fsp3) is 0.776. The lowest BCUT2D eigenvalue weighted by Gasteiger charge is -2.49. The monoisotopic (exact) mass is 1200 g/mol. The molecule has 1 aromatic carbocycles. The molecule has 0 amide bonds. The van der Waals surface area contributed by atoms with E-state index >= 15 is 0 Å². The fourth-order valence-electron chi connectivity index (χ4n) is 12.7. The first-order chi connectivity index (χ1) is 38.7. The summed E-state index contributed by atoms with van der Waals surface area (Å²) >= 11 is 0. The lowest BCUT2D eigenvalue weighted by atomic mass is 9.73. The van der Waals surface area contributed by atoms with Crippen LogP contribution in [0.1, 0.15) is 137 Å². The van der Waals surface area contributed by atoms with Crippen LogP contribution in [0.3, 0.4) is 0 Å². The third-order valence-corrected chi connectivity index (χ3v) is 19.2. The van der Waals surface area contributed by atoms with E-state index in [1.165, 1.54) is 39.5 Å². The molecule has 6 rings (SSSR count). The average Bonchev–Trinajstić information content (AvgIpc) is 3.60. The molecule has 24 nitrogen and oxygen atoms in total. The van der Waals surface area contributed by atoms with E-state index in [2.05, 4.69) is 10.5 Å². The smallest absolute Gasteiger partial charge is 0.341 e. The third kappa shape index (κ3) is 15.1. The molecule has 7 unspecified atom stereocenters. The molecule has 0 spiro atoms. The van der Waals surface area contributed by atoms with Crippen LogP contribution in [0.15, 0.2) is 33.2 Å². The molecule has 5 heterocycles. The van der Waals surface area contributed by atoms with E-state index in [4.69, 9.17) is 42.7 Å². The summed E-state index contributed by atoms with van der Waals surface area (Å²) in [5, 5.41) is 65.9. The van der Waals surface area contributed by atoms with Gasteiger partial charge in [-0.2, -0.15) is 0 Å². The summed E-state index contributed by atoms with van der Waals surface area (Å²) in [6, 6.07) is 2.29. The Morgan fingerprint density at radius 1 is 0.940 bits per heavy atom. The van der Waals surface area contributed by atoms with E-state index in [1.807, 2.05) is 32.8 Å². The van der Waals surface area contributed by atoms with Gasteiger partial charge in [-0.05, 0) is 112 Å². The van der Waals surface area contributed by atoms with Crippen molar-refractivity contribution in [2.24, 2.45) is 28.8 Å². The van der Waals surface area contributed by atoms with Gasteiger partial charge < -0.3 is 83.0 Å². The van der Waals surface area contributed by atoms with Crippen molar-refractivity contribution in [2.45, 2.75) is 216 Å². The average molecular weight is 1200 g/mol. The molecule has 0 aliphatic carbocycles. The Labute approximate surface area is 487 Å². The number of cyclic esters (lactones) is 1. The second-order valence-electron chi connectivity index (χ2n) is 24.4. The molecule has 4 aliphatic rings. The molecule has 6 N–H and O–H groups in total. The van der Waals surface area contributed by atoms with Crippen LogP contribution >= 0.6 is 0 Å². The number of pyridine rings is 1. The Bertz CT molecular complexity index is 2790. The number of aliphatic hydroxyl groups is 4. The fourth-order valence-corrected chi connectivity index (χ4v) is 14.0. The standard InChI is InChI=1S/C58H92N4O20S/c1-16-42-58(11,71)50(66)33(5)45(60-76-29-74-14)30(2)26-56(9,70)51(82-55-48(65)41(61(12)13)23-32(4)77-55)34(6)49(35(7)54(69)79-42)81-44-27-57(10,75-15)52(36(8)78-44)80-43(63)19-20-59-21-22-83(72,73)38-24-37-18-17-31(3)62-28-40(53(67)68)47(64)39(25-38)46(37)62/h24-25,28,30-36,41-42,44,48-52,55,59,65-66,70-71H,16-23,26-27,29H2,1-15H3,(H,67,68)/b60-45+/t30-,31?,32-,33+,34+,35-,36+,41+,42?,44?,48?,49+,50-,51-,52?,55+,56-,57?,58?/m1/s1. The first-order valence-corrected chi connectivity index (χ1v) is 30.5. The van der Waals surface area contributed by atoms with Crippen molar-refractivity contribution in [3.8, 4) is 0 Å². The molecular formula is C58H92N4O20S. The van der Waals surface area contributed by atoms with E-state index in [1.54, 1.807) is 60.0 Å². The number of aromatic nitrogens is 1. The van der Waals surface area contributed by atoms with Crippen LogP contribution in [0.25, 0.3) is 10.9 Å². The maximum atomic E-state index is 14.7. The number of nitrogens with one attached hydrogen (secondary N) is 1. The van der Waals surface area contributed by atoms with Gasteiger partial charge in [-0.15, -0.1) is 0 Å². The van der Waals surface area contributed by atoms with Gasteiger partial charge in [-0.1, -0.05) is 32.9 Å². The highest BCUT2D eigenvalue weighted by molar-refractivity contribution is 7.91. The highest BCUT2D eigenvalue weighted by Crippen LogP contribution is 2.42. The molecule has 25 heteroatoms. The number of nitrogens with zero attached hydrogens (tertiary/aromatic N) is 3. The second kappa shape index (κ2) is 27.6. The van der Waals surface area contributed by atoms with Crippen molar-refractivity contribution >= 4 is 44.4 Å². The number of esters is 2. The minimum absolute atomic E-state index is 0.0254. The van der Waals surface area contributed by atoms with Crippen LogP contribution in [0, 0.1) is 23.7 Å². The summed E-state index contributed by atoms with van der Waals surface area (Å²) in [6.45, 7) is 18.2. The minimum Gasteiger partial charge on any atom is -0.477 e. The number of rotatable bonds is 19. The number of aromatic carboxylic acids is 1. The summed E-state index contributed by atoms with van der Waals surface area (Å²) in [5.74, 6) is -6.99. The molecule has 470 valence electrons. The Morgan fingerprint density at radius 3 is 2.25 bits per heavy atom. The van der Waals surface area contributed by atoms with Gasteiger partial charge >= 0.3 is 17.9 Å². The van der Waals surface area contributed by atoms with Gasteiger partial charge in [0, 0.05) is 75.2 Å². The van der Waals surface area contributed by atoms with E-state index < -0.39 is 141 Å². The van der Waals surface area contributed by atoms with Gasteiger partial charge in [0.1, 0.15) is 29.0 Å². The van der Waals surface area contributed by atoms with E-state index in [-0.39, 0.29) is 79.5 Å². The van der Waals surface area contributed by atoms with Crippen LogP contribution in [0.5, 0.6) is 0 Å². The number of aryl methyl sites for hydroxylation is 1. The van der Waals surface area contributed by atoms with Crippen LogP contribution in [0.4, 0.5) is 0 Å². The van der Waals surface area contributed by atoms with Crippen molar-refractivity contribution in [1.82, 2.24) is 14.8 Å². The summed E-state index contributed by atoms with van der Waals surface area (Å²) < 4.78 is 78.9. The number of likely N-dealkylation sites (N-methyl/N-ethyl adjacent to an activating group) is 1. The molecule has 4 aliphatic heterocycles. The molecule has 83 heavy (non-hydrogen) atoms. The summed E-state index contributed by atoms with van der Waals surface area (Å²) in [4.78, 5) is 60.8. The molecule has 0 radical (unpaired) electrons. The molecule has 1 aromatic heterocycles. The van der Waals surface area contributed by atoms with Gasteiger partial charge in [-0.25, -0.2) is 13.2 Å². The molecule has 0 saturated carbocycles. The highest BCUT2D eigenvalue weighted by atomic mass is 32.2. The predicted octanol–water partition coefficient (Wildman–Crippen LogP) is 3.72. The Hall–Kier alpha value is -4.22. The van der Waals surface area contributed by atoms with Crippen LogP contribution in [-0.4, -0.2) is 205 Å². The number of methoxy groups -OCH3 is 2. The zero-order valence-corrected chi connectivity index (χ0v) is 51.7. The lowest BCUT2D eigenvalue weighted by molar-refractivity contribution is -0.318. The SMILES string of the molecule is CCC1OC(=O)[C@H](C)[C@@H](OC2CC(C)(OC)C(OC(=O)CCNCCS(=O)(=O)c3cc4c5c(c3)c(=O)c(C(=O)O)cn5C(C)CC4)[C@H](C)O2)[C@H](C)[C@@H](O[C@@H]2O[C@H](C)C[C@H](N(C)C)C2O)[C@](C)(O)C[C@@H](C)/C(=N\OCOC)[C@H](C)[C@@H](O)C1(C)O. The maximum Gasteiger partial charge on any atom is 0.341 e. The van der Waals surface area contributed by atoms with Crippen LogP contribution in [-0.2, 0) is 68.6 Å². The zero-order valence-electron chi connectivity index (χ0n) is 50.9. The van der Waals surface area contributed by atoms with Gasteiger partial charge in [0.25, 0.3) is 0 Å². The Balaban J connectivity index is 1.22. The number of ether oxygens (including phenoxy) is 8. The molecule has 19 atom stereocenters. The van der Waals surface area contributed by atoms with Gasteiger partial charge in [-0.3, -0.25) is 14.4 Å². The molecule has 2 aromatic rings. The Morgan fingerprint density at radius 2 is 1.63 bits per heavy atom. The van der Waals surface area contributed by atoms with Crippen LogP contribution in [0.2, 0.25) is 0 Å². The number of aliphatic hydroxyl groups excluding tert-OH is 2. The van der Waals surface area contributed by atoms with Gasteiger partial charge in [0.15, 0.2) is 28.5 Å². The number of carbonyl (C=O) groups is 3. The van der Waals surface area contributed by atoms with E-state index in [0.717, 1.165) is 0 Å². The number of carboxylic acid groups (broad SMARTS) is 1. The number of oxime groups is 1. The summed E-state index contributed by atoms with van der Waals surface area (Å²) in [5.41, 5.74) is -4.95. The molecular weight excluding hydrogens is 1100 g/mol.